The van der Waals surface area contributed by atoms with Crippen molar-refractivity contribution in [2.45, 2.75) is 39.2 Å². The Kier molecular flexibility index (Phi) is 3.32. The first-order valence-electron chi connectivity index (χ1n) is 7.39. The van der Waals surface area contributed by atoms with Crippen molar-refractivity contribution in [2.75, 3.05) is 12.4 Å². The SMILES string of the molecule is CCc1cc(NC)nc(-c2cccc3c2OC(C)(C)C3)n1. The highest BCUT2D eigenvalue weighted by atomic mass is 16.5. The molecular formula is C17H21N3O. The molecule has 0 saturated heterocycles. The molecule has 4 nitrogen and oxygen atoms in total. The molecule has 0 aliphatic carbocycles. The zero-order chi connectivity index (χ0) is 15.0. The standard InChI is InChI=1S/C17H21N3O/c1-5-12-9-14(18-4)20-16(19-12)13-8-6-7-11-10-17(2,3)21-15(11)13/h6-9H,5,10H2,1-4H3,(H,18,19,20). The lowest BCUT2D eigenvalue weighted by Gasteiger charge is -2.18. The summed E-state index contributed by atoms with van der Waals surface area (Å²) in [6.45, 7) is 6.32. The van der Waals surface area contributed by atoms with Crippen LogP contribution in [0.15, 0.2) is 24.3 Å². The number of rotatable bonds is 3. The number of benzene rings is 1. The minimum Gasteiger partial charge on any atom is -0.486 e. The van der Waals surface area contributed by atoms with Gasteiger partial charge >= 0.3 is 0 Å². The van der Waals surface area contributed by atoms with Gasteiger partial charge < -0.3 is 10.1 Å². The third-order valence-electron chi connectivity index (χ3n) is 3.73. The summed E-state index contributed by atoms with van der Waals surface area (Å²) in [5.41, 5.74) is 3.07. The van der Waals surface area contributed by atoms with Gasteiger partial charge in [-0.3, -0.25) is 0 Å². The van der Waals surface area contributed by atoms with E-state index in [1.165, 1.54) is 5.56 Å². The molecular weight excluding hydrogens is 262 g/mol. The lowest BCUT2D eigenvalue weighted by molar-refractivity contribution is 0.139. The molecule has 0 atom stereocenters. The quantitative estimate of drug-likeness (QED) is 0.937. The van der Waals surface area contributed by atoms with E-state index in [0.29, 0.717) is 0 Å². The topological polar surface area (TPSA) is 47.0 Å². The van der Waals surface area contributed by atoms with Crippen LogP contribution in [0.1, 0.15) is 32.0 Å². The molecule has 0 spiro atoms. The van der Waals surface area contributed by atoms with Gasteiger partial charge in [0, 0.05) is 25.2 Å². The number of hydrogen-bond donors (Lipinski definition) is 1. The predicted molar refractivity (Wildman–Crippen MR) is 84.8 cm³/mol. The Morgan fingerprint density at radius 3 is 2.81 bits per heavy atom. The fraction of sp³-hybridized carbons (Fsp3) is 0.412. The van der Waals surface area contributed by atoms with Crippen LogP contribution < -0.4 is 10.1 Å². The molecule has 0 bridgehead atoms. The number of ether oxygens (including phenoxy) is 1. The molecule has 1 aromatic heterocycles. The summed E-state index contributed by atoms with van der Waals surface area (Å²) in [5.74, 6) is 2.50. The van der Waals surface area contributed by atoms with Crippen LogP contribution in [0.25, 0.3) is 11.4 Å². The van der Waals surface area contributed by atoms with Crippen LogP contribution in [0.4, 0.5) is 5.82 Å². The van der Waals surface area contributed by atoms with Gasteiger partial charge in [-0.25, -0.2) is 9.97 Å². The second-order valence-corrected chi connectivity index (χ2v) is 6.00. The lowest BCUT2D eigenvalue weighted by Crippen LogP contribution is -2.24. The number of aromatic nitrogens is 2. The monoisotopic (exact) mass is 283 g/mol. The van der Waals surface area contributed by atoms with Crippen LogP contribution in [0.2, 0.25) is 0 Å². The molecule has 0 saturated carbocycles. The van der Waals surface area contributed by atoms with Crippen molar-refractivity contribution in [1.29, 1.82) is 0 Å². The minimum absolute atomic E-state index is 0.160. The predicted octanol–water partition coefficient (Wildman–Crippen LogP) is 3.46. The summed E-state index contributed by atoms with van der Waals surface area (Å²) in [6, 6.07) is 8.20. The van der Waals surface area contributed by atoms with Gasteiger partial charge in [-0.15, -0.1) is 0 Å². The van der Waals surface area contributed by atoms with Gasteiger partial charge in [-0.05, 0) is 31.9 Å². The molecule has 1 aliphatic rings. The van der Waals surface area contributed by atoms with Crippen LogP contribution in [-0.2, 0) is 12.8 Å². The van der Waals surface area contributed by atoms with Crippen molar-refractivity contribution >= 4 is 5.82 Å². The van der Waals surface area contributed by atoms with Crippen molar-refractivity contribution in [3.05, 3.63) is 35.5 Å². The molecule has 0 radical (unpaired) electrons. The molecule has 1 aliphatic heterocycles. The number of hydrogen-bond acceptors (Lipinski definition) is 4. The number of nitrogens with zero attached hydrogens (tertiary/aromatic N) is 2. The number of fused-ring (bicyclic) bond motifs is 1. The zero-order valence-corrected chi connectivity index (χ0v) is 13.0. The molecule has 1 N–H and O–H groups in total. The van der Waals surface area contributed by atoms with Crippen LogP contribution in [0.5, 0.6) is 5.75 Å². The number of nitrogens with one attached hydrogen (secondary N) is 1. The minimum atomic E-state index is -0.160. The van der Waals surface area contributed by atoms with Gasteiger partial charge in [0.25, 0.3) is 0 Å². The van der Waals surface area contributed by atoms with E-state index in [1.54, 1.807) is 0 Å². The Balaban J connectivity index is 2.13. The maximum atomic E-state index is 6.13. The van der Waals surface area contributed by atoms with Gasteiger partial charge in [0.15, 0.2) is 5.82 Å². The average molecular weight is 283 g/mol. The lowest BCUT2D eigenvalue weighted by atomic mass is 10.0. The summed E-state index contributed by atoms with van der Waals surface area (Å²) in [7, 11) is 1.88. The van der Waals surface area contributed by atoms with Gasteiger partial charge in [0.2, 0.25) is 0 Å². The highest BCUT2D eigenvalue weighted by Gasteiger charge is 2.32. The fourth-order valence-corrected chi connectivity index (χ4v) is 2.72. The molecule has 2 heterocycles. The zero-order valence-electron chi connectivity index (χ0n) is 13.0. The Bertz CT molecular complexity index is 657. The number of anilines is 1. The van der Waals surface area contributed by atoms with Crippen molar-refractivity contribution < 1.29 is 4.74 Å². The van der Waals surface area contributed by atoms with Crippen molar-refractivity contribution in [3.63, 3.8) is 0 Å². The number of para-hydroxylation sites is 1. The summed E-state index contributed by atoms with van der Waals surface area (Å²) < 4.78 is 6.13. The normalized spacial score (nSPS) is 15.4. The summed E-state index contributed by atoms with van der Waals surface area (Å²) >= 11 is 0. The van der Waals surface area contributed by atoms with Gasteiger partial charge in [0.1, 0.15) is 17.2 Å². The van der Waals surface area contributed by atoms with Crippen molar-refractivity contribution in [1.82, 2.24) is 9.97 Å². The first kappa shape index (κ1) is 13.9. The Morgan fingerprint density at radius 1 is 1.29 bits per heavy atom. The van der Waals surface area contributed by atoms with Crippen LogP contribution in [0.3, 0.4) is 0 Å². The van der Waals surface area contributed by atoms with Crippen molar-refractivity contribution in [2.24, 2.45) is 0 Å². The maximum Gasteiger partial charge on any atom is 0.165 e. The molecule has 1 aromatic carbocycles. The third-order valence-corrected chi connectivity index (χ3v) is 3.73. The molecule has 0 fully saturated rings. The maximum absolute atomic E-state index is 6.13. The molecule has 110 valence electrons. The fourth-order valence-electron chi connectivity index (χ4n) is 2.72. The Labute approximate surface area is 125 Å². The van der Waals surface area contributed by atoms with E-state index in [2.05, 4.69) is 48.2 Å². The highest BCUT2D eigenvalue weighted by molar-refractivity contribution is 5.69. The van der Waals surface area contributed by atoms with E-state index in [-0.39, 0.29) is 5.60 Å². The third kappa shape index (κ3) is 2.58. The molecule has 0 unspecified atom stereocenters. The Hall–Kier alpha value is -2.10. The second kappa shape index (κ2) is 5.02. The molecule has 4 heteroatoms. The first-order valence-corrected chi connectivity index (χ1v) is 7.39. The van der Waals surface area contributed by atoms with Crippen LogP contribution in [-0.4, -0.2) is 22.6 Å². The van der Waals surface area contributed by atoms with E-state index in [1.807, 2.05) is 19.2 Å². The molecule has 3 rings (SSSR count). The van der Waals surface area contributed by atoms with Crippen molar-refractivity contribution in [3.8, 4) is 17.1 Å². The van der Waals surface area contributed by atoms with Gasteiger partial charge in [-0.1, -0.05) is 19.1 Å². The average Bonchev–Trinajstić information content (AvgIpc) is 2.80. The van der Waals surface area contributed by atoms with E-state index < -0.39 is 0 Å². The van der Waals surface area contributed by atoms with Gasteiger partial charge in [-0.2, -0.15) is 0 Å². The summed E-state index contributed by atoms with van der Waals surface area (Å²) in [5, 5.41) is 3.10. The smallest absolute Gasteiger partial charge is 0.165 e. The van der Waals surface area contributed by atoms with E-state index in [4.69, 9.17) is 4.74 Å². The number of aryl methyl sites for hydroxylation is 1. The molecule has 21 heavy (non-hydrogen) atoms. The molecule has 2 aromatic rings. The summed E-state index contributed by atoms with van der Waals surface area (Å²) in [4.78, 5) is 9.26. The summed E-state index contributed by atoms with van der Waals surface area (Å²) in [6.07, 6.45) is 1.80. The first-order chi connectivity index (χ1) is 10.0. The molecule has 0 amide bonds. The Morgan fingerprint density at radius 2 is 2.10 bits per heavy atom. The second-order valence-electron chi connectivity index (χ2n) is 6.00. The largest absolute Gasteiger partial charge is 0.486 e. The highest BCUT2D eigenvalue weighted by Crippen LogP contribution is 2.41. The van der Waals surface area contributed by atoms with Gasteiger partial charge in [0.05, 0.1) is 5.56 Å². The van der Waals surface area contributed by atoms with E-state index >= 15 is 0 Å². The van der Waals surface area contributed by atoms with Crippen LogP contribution in [0, 0.1) is 0 Å². The van der Waals surface area contributed by atoms with Crippen LogP contribution >= 0.6 is 0 Å². The van der Waals surface area contributed by atoms with E-state index in [0.717, 1.165) is 41.5 Å². The van der Waals surface area contributed by atoms with E-state index in [9.17, 15) is 0 Å².